The Labute approximate surface area is 116 Å². The number of fused-ring (bicyclic) bond motifs is 1. The van der Waals surface area contributed by atoms with Crippen LogP contribution >= 0.6 is 0 Å². The van der Waals surface area contributed by atoms with E-state index in [1.54, 1.807) is 0 Å². The van der Waals surface area contributed by atoms with Gasteiger partial charge in [-0.3, -0.25) is 0 Å². The maximum atomic E-state index is 3.41. The Morgan fingerprint density at radius 1 is 1.32 bits per heavy atom. The molecule has 0 saturated carbocycles. The van der Waals surface area contributed by atoms with E-state index in [-0.39, 0.29) is 0 Å². The van der Waals surface area contributed by atoms with E-state index in [4.69, 9.17) is 0 Å². The van der Waals surface area contributed by atoms with Crippen LogP contribution in [0.25, 0.3) is 0 Å². The molecule has 1 unspecified atom stereocenters. The molecular weight excluding hydrogens is 234 g/mol. The highest BCUT2D eigenvalue weighted by molar-refractivity contribution is 5.34. The molecule has 3 rings (SSSR count). The first-order valence-corrected chi connectivity index (χ1v) is 7.42. The average Bonchev–Trinajstić information content (AvgIpc) is 2.98. The Morgan fingerprint density at radius 2 is 2.16 bits per heavy atom. The van der Waals surface area contributed by atoms with Crippen LogP contribution in [0, 0.1) is 0 Å². The van der Waals surface area contributed by atoms with Gasteiger partial charge in [-0.25, -0.2) is 0 Å². The summed E-state index contributed by atoms with van der Waals surface area (Å²) in [7, 11) is 4.50. The van der Waals surface area contributed by atoms with Crippen molar-refractivity contribution in [3.63, 3.8) is 0 Å². The second-order valence-corrected chi connectivity index (χ2v) is 6.18. The van der Waals surface area contributed by atoms with Crippen molar-refractivity contribution in [3.8, 4) is 0 Å². The predicted octanol–water partition coefficient (Wildman–Crippen LogP) is 1.82. The number of likely N-dealkylation sites (tertiary alicyclic amines) is 1. The number of likely N-dealkylation sites (N-methyl/N-ethyl adjacent to an activating group) is 2. The van der Waals surface area contributed by atoms with Gasteiger partial charge in [0.15, 0.2) is 0 Å². The maximum absolute atomic E-state index is 3.41. The third-order valence-electron chi connectivity index (χ3n) is 4.55. The molecule has 1 atom stereocenters. The van der Waals surface area contributed by atoms with E-state index in [0.717, 1.165) is 25.7 Å². The number of nitrogens with one attached hydrogen (secondary N) is 1. The van der Waals surface area contributed by atoms with Crippen molar-refractivity contribution >= 4 is 0 Å². The van der Waals surface area contributed by atoms with Crippen LogP contribution in [0.1, 0.15) is 29.5 Å². The molecule has 1 aromatic rings. The molecule has 1 aromatic carbocycles. The lowest BCUT2D eigenvalue weighted by Gasteiger charge is -2.26. The molecule has 0 bridgehead atoms. The molecule has 1 N–H and O–H groups in total. The molecule has 0 amide bonds. The minimum atomic E-state index is 0.751. The van der Waals surface area contributed by atoms with Crippen molar-refractivity contribution in [2.24, 2.45) is 0 Å². The Kier molecular flexibility index (Phi) is 3.87. The largest absolute Gasteiger partial charge is 0.309 e. The van der Waals surface area contributed by atoms with Crippen LogP contribution in [-0.2, 0) is 19.6 Å². The number of benzene rings is 1. The zero-order valence-corrected chi connectivity index (χ0v) is 12.2. The van der Waals surface area contributed by atoms with Crippen molar-refractivity contribution in [3.05, 3.63) is 34.9 Å². The molecule has 104 valence electrons. The van der Waals surface area contributed by atoms with Gasteiger partial charge in [-0.2, -0.15) is 0 Å². The van der Waals surface area contributed by atoms with Gasteiger partial charge >= 0.3 is 0 Å². The van der Waals surface area contributed by atoms with Gasteiger partial charge in [0.25, 0.3) is 0 Å². The Hall–Kier alpha value is -0.900. The standard InChI is InChI=1S/C16H25N3/c1-18(12-16-4-3-7-19(16)2)11-13-5-6-14-9-17-10-15(14)8-13/h5-6,8,16-17H,3-4,7,9-12H2,1-2H3. The topological polar surface area (TPSA) is 18.5 Å². The van der Waals surface area contributed by atoms with E-state index < -0.39 is 0 Å². The molecule has 0 aliphatic carbocycles. The first-order valence-electron chi connectivity index (χ1n) is 7.42. The molecule has 19 heavy (non-hydrogen) atoms. The fourth-order valence-corrected chi connectivity index (χ4v) is 3.39. The minimum absolute atomic E-state index is 0.751. The van der Waals surface area contributed by atoms with Crippen molar-refractivity contribution in [1.82, 2.24) is 15.1 Å². The molecule has 1 saturated heterocycles. The second kappa shape index (κ2) is 5.61. The van der Waals surface area contributed by atoms with Crippen LogP contribution < -0.4 is 5.32 Å². The third kappa shape index (κ3) is 2.99. The molecule has 2 aliphatic heterocycles. The molecule has 0 aromatic heterocycles. The van der Waals surface area contributed by atoms with Crippen LogP contribution in [-0.4, -0.2) is 43.0 Å². The minimum Gasteiger partial charge on any atom is -0.309 e. The lowest BCUT2D eigenvalue weighted by molar-refractivity contribution is 0.215. The van der Waals surface area contributed by atoms with Gasteiger partial charge in [0, 0.05) is 32.2 Å². The molecule has 3 heteroatoms. The summed E-state index contributed by atoms with van der Waals surface area (Å²) in [5, 5.41) is 3.41. The zero-order chi connectivity index (χ0) is 13.2. The summed E-state index contributed by atoms with van der Waals surface area (Å²) in [6, 6.07) is 7.71. The summed E-state index contributed by atoms with van der Waals surface area (Å²) in [5.41, 5.74) is 4.41. The Morgan fingerprint density at radius 3 is 2.95 bits per heavy atom. The van der Waals surface area contributed by atoms with E-state index in [1.165, 1.54) is 42.6 Å². The van der Waals surface area contributed by atoms with E-state index >= 15 is 0 Å². The monoisotopic (exact) mass is 259 g/mol. The van der Waals surface area contributed by atoms with Crippen molar-refractivity contribution < 1.29 is 0 Å². The summed E-state index contributed by atoms with van der Waals surface area (Å²) in [6.07, 6.45) is 2.72. The van der Waals surface area contributed by atoms with Gasteiger partial charge in [-0.1, -0.05) is 18.2 Å². The lowest BCUT2D eigenvalue weighted by atomic mass is 10.1. The first-order chi connectivity index (χ1) is 9.22. The van der Waals surface area contributed by atoms with Crippen LogP contribution in [0.3, 0.4) is 0 Å². The first kappa shape index (κ1) is 13.1. The average molecular weight is 259 g/mol. The summed E-state index contributed by atoms with van der Waals surface area (Å²) in [4.78, 5) is 4.97. The molecule has 2 aliphatic rings. The van der Waals surface area contributed by atoms with Crippen LogP contribution in [0.4, 0.5) is 0 Å². The molecule has 3 nitrogen and oxygen atoms in total. The van der Waals surface area contributed by atoms with E-state index in [0.29, 0.717) is 0 Å². The third-order valence-corrected chi connectivity index (χ3v) is 4.55. The number of hydrogen-bond donors (Lipinski definition) is 1. The van der Waals surface area contributed by atoms with Crippen LogP contribution in [0.5, 0.6) is 0 Å². The normalized spacial score (nSPS) is 23.2. The van der Waals surface area contributed by atoms with Gasteiger partial charge in [0.1, 0.15) is 0 Å². The molecule has 2 heterocycles. The highest BCUT2D eigenvalue weighted by Crippen LogP contribution is 2.19. The number of rotatable bonds is 4. The summed E-state index contributed by atoms with van der Waals surface area (Å²) in [6.45, 7) is 5.60. The van der Waals surface area contributed by atoms with Crippen molar-refractivity contribution in [2.75, 3.05) is 27.2 Å². The van der Waals surface area contributed by atoms with Crippen LogP contribution in [0.2, 0.25) is 0 Å². The summed E-state index contributed by atoms with van der Waals surface area (Å²) in [5.74, 6) is 0. The molecule has 0 radical (unpaired) electrons. The van der Waals surface area contributed by atoms with Gasteiger partial charge < -0.3 is 15.1 Å². The molecular formula is C16H25N3. The quantitative estimate of drug-likeness (QED) is 0.890. The van der Waals surface area contributed by atoms with Gasteiger partial charge in [0.2, 0.25) is 0 Å². The number of nitrogens with zero attached hydrogens (tertiary/aromatic N) is 2. The van der Waals surface area contributed by atoms with E-state index in [1.807, 2.05) is 0 Å². The summed E-state index contributed by atoms with van der Waals surface area (Å²) >= 11 is 0. The maximum Gasteiger partial charge on any atom is 0.0231 e. The number of hydrogen-bond acceptors (Lipinski definition) is 3. The van der Waals surface area contributed by atoms with Gasteiger partial charge in [-0.15, -0.1) is 0 Å². The van der Waals surface area contributed by atoms with Crippen molar-refractivity contribution in [2.45, 2.75) is 38.5 Å². The van der Waals surface area contributed by atoms with Gasteiger partial charge in [-0.05, 0) is 50.2 Å². The van der Waals surface area contributed by atoms with Gasteiger partial charge in [0.05, 0.1) is 0 Å². The van der Waals surface area contributed by atoms with E-state index in [2.05, 4.69) is 47.4 Å². The highest BCUT2D eigenvalue weighted by Gasteiger charge is 2.22. The van der Waals surface area contributed by atoms with E-state index in [9.17, 15) is 0 Å². The second-order valence-electron chi connectivity index (χ2n) is 6.18. The fourth-order valence-electron chi connectivity index (χ4n) is 3.39. The molecule has 0 spiro atoms. The lowest BCUT2D eigenvalue weighted by Crippen LogP contribution is -2.36. The summed E-state index contributed by atoms with van der Waals surface area (Å²) < 4.78 is 0. The fraction of sp³-hybridized carbons (Fsp3) is 0.625. The molecule has 1 fully saturated rings. The Balaban J connectivity index is 1.58. The predicted molar refractivity (Wildman–Crippen MR) is 79.0 cm³/mol. The van der Waals surface area contributed by atoms with Crippen molar-refractivity contribution in [1.29, 1.82) is 0 Å². The highest BCUT2D eigenvalue weighted by atomic mass is 15.2. The van der Waals surface area contributed by atoms with Crippen LogP contribution in [0.15, 0.2) is 18.2 Å². The zero-order valence-electron chi connectivity index (χ0n) is 12.2. The Bertz CT molecular complexity index is 444. The smallest absolute Gasteiger partial charge is 0.0231 e. The SMILES string of the molecule is CN(Cc1ccc2c(c1)CNC2)CC1CCCN1C.